The summed E-state index contributed by atoms with van der Waals surface area (Å²) in [4.78, 5) is 12.5. The van der Waals surface area contributed by atoms with Crippen LogP contribution in [0.15, 0.2) is 12.1 Å². The zero-order chi connectivity index (χ0) is 13.1. The molecule has 1 aliphatic heterocycles. The maximum Gasteiger partial charge on any atom is 0.183 e. The second kappa shape index (κ2) is 5.53. The Kier molecular flexibility index (Phi) is 4.02. The number of methoxy groups -OCH3 is 1. The standard InChI is InChI=1S/C15H21NO2/c1-10-8-12(14(18-3)9-11(10)2)15(17)13-6-4-5-7-16-13/h8-9,13,16H,4-7H2,1-3H3. The van der Waals surface area contributed by atoms with Gasteiger partial charge < -0.3 is 10.1 Å². The van der Waals surface area contributed by atoms with Gasteiger partial charge in [-0.1, -0.05) is 6.42 Å². The highest BCUT2D eigenvalue weighted by atomic mass is 16.5. The van der Waals surface area contributed by atoms with Crippen LogP contribution >= 0.6 is 0 Å². The minimum atomic E-state index is -0.0465. The summed E-state index contributed by atoms with van der Waals surface area (Å²) in [5.74, 6) is 0.852. The van der Waals surface area contributed by atoms with Crippen LogP contribution in [0.5, 0.6) is 5.75 Å². The monoisotopic (exact) mass is 247 g/mol. The Morgan fingerprint density at radius 3 is 2.61 bits per heavy atom. The van der Waals surface area contributed by atoms with Crippen molar-refractivity contribution >= 4 is 5.78 Å². The molecule has 18 heavy (non-hydrogen) atoms. The molecule has 98 valence electrons. The zero-order valence-corrected chi connectivity index (χ0v) is 11.4. The third-order valence-electron chi connectivity index (χ3n) is 3.71. The minimum absolute atomic E-state index is 0.0465. The molecule has 3 heteroatoms. The lowest BCUT2D eigenvalue weighted by Crippen LogP contribution is -2.40. The molecule has 0 bridgehead atoms. The molecule has 1 aromatic carbocycles. The average molecular weight is 247 g/mol. The van der Waals surface area contributed by atoms with E-state index in [-0.39, 0.29) is 11.8 Å². The van der Waals surface area contributed by atoms with Gasteiger partial charge in [0, 0.05) is 0 Å². The smallest absolute Gasteiger partial charge is 0.183 e. The van der Waals surface area contributed by atoms with Gasteiger partial charge in [0.05, 0.1) is 18.7 Å². The van der Waals surface area contributed by atoms with Gasteiger partial charge in [0.1, 0.15) is 5.75 Å². The third-order valence-corrected chi connectivity index (χ3v) is 3.71. The molecule has 3 nitrogen and oxygen atoms in total. The van der Waals surface area contributed by atoms with Crippen LogP contribution in [0.3, 0.4) is 0 Å². The fourth-order valence-electron chi connectivity index (χ4n) is 2.41. The highest BCUT2D eigenvalue weighted by molar-refractivity contribution is 6.02. The first-order chi connectivity index (χ1) is 8.63. The van der Waals surface area contributed by atoms with Gasteiger partial charge in [-0.3, -0.25) is 4.79 Å². The summed E-state index contributed by atoms with van der Waals surface area (Å²) in [7, 11) is 1.62. The number of rotatable bonds is 3. The van der Waals surface area contributed by atoms with E-state index in [1.165, 1.54) is 0 Å². The average Bonchev–Trinajstić information content (AvgIpc) is 2.41. The predicted octanol–water partition coefficient (Wildman–Crippen LogP) is 2.64. The SMILES string of the molecule is COc1cc(C)c(C)cc1C(=O)C1CCCCN1. The molecule has 1 fully saturated rings. The number of piperidine rings is 1. The van der Waals surface area contributed by atoms with Crippen molar-refractivity contribution in [3.05, 3.63) is 28.8 Å². The van der Waals surface area contributed by atoms with Crippen LogP contribution in [0.2, 0.25) is 0 Å². The number of ketones is 1. The van der Waals surface area contributed by atoms with Gasteiger partial charge in [0.15, 0.2) is 5.78 Å². The summed E-state index contributed by atoms with van der Waals surface area (Å²) in [5.41, 5.74) is 3.00. The van der Waals surface area contributed by atoms with Crippen molar-refractivity contribution in [1.82, 2.24) is 5.32 Å². The van der Waals surface area contributed by atoms with E-state index in [0.29, 0.717) is 11.3 Å². The molecule has 1 saturated heterocycles. The van der Waals surface area contributed by atoms with E-state index in [1.807, 2.05) is 26.0 Å². The second-order valence-electron chi connectivity index (χ2n) is 5.00. The largest absolute Gasteiger partial charge is 0.496 e. The Morgan fingerprint density at radius 1 is 1.28 bits per heavy atom. The maximum absolute atomic E-state index is 12.5. The highest BCUT2D eigenvalue weighted by Crippen LogP contribution is 2.25. The number of hydrogen-bond acceptors (Lipinski definition) is 3. The molecular weight excluding hydrogens is 226 g/mol. The second-order valence-corrected chi connectivity index (χ2v) is 5.00. The zero-order valence-electron chi connectivity index (χ0n) is 11.4. The molecule has 1 unspecified atom stereocenters. The number of nitrogens with one attached hydrogen (secondary N) is 1. The van der Waals surface area contributed by atoms with Gasteiger partial charge in [0.25, 0.3) is 0 Å². The number of hydrogen-bond donors (Lipinski definition) is 1. The first-order valence-electron chi connectivity index (χ1n) is 6.56. The fraction of sp³-hybridized carbons (Fsp3) is 0.533. The molecule has 1 atom stereocenters. The van der Waals surface area contributed by atoms with Gasteiger partial charge in [0.2, 0.25) is 0 Å². The first-order valence-corrected chi connectivity index (χ1v) is 6.56. The molecule has 1 aromatic rings. The summed E-state index contributed by atoms with van der Waals surface area (Å²) < 4.78 is 5.34. The Morgan fingerprint density at radius 2 is 2.00 bits per heavy atom. The maximum atomic E-state index is 12.5. The van der Waals surface area contributed by atoms with Crippen LogP contribution < -0.4 is 10.1 Å². The van der Waals surface area contributed by atoms with Crippen LogP contribution in [0, 0.1) is 13.8 Å². The van der Waals surface area contributed by atoms with Crippen LogP contribution in [-0.2, 0) is 0 Å². The summed E-state index contributed by atoms with van der Waals surface area (Å²) in [6.07, 6.45) is 3.21. The lowest BCUT2D eigenvalue weighted by Gasteiger charge is -2.23. The molecule has 2 rings (SSSR count). The molecule has 1 heterocycles. The van der Waals surface area contributed by atoms with E-state index in [9.17, 15) is 4.79 Å². The fourth-order valence-corrected chi connectivity index (χ4v) is 2.41. The number of Topliss-reactive ketones (excluding diaryl/α,β-unsaturated/α-hetero) is 1. The van der Waals surface area contributed by atoms with Crippen molar-refractivity contribution in [3.8, 4) is 5.75 Å². The number of benzene rings is 1. The molecular formula is C15H21NO2. The topological polar surface area (TPSA) is 38.3 Å². The molecule has 0 saturated carbocycles. The molecule has 1 aliphatic rings. The molecule has 0 aliphatic carbocycles. The summed E-state index contributed by atoms with van der Waals surface area (Å²) in [5, 5.41) is 3.30. The molecule has 0 spiro atoms. The van der Waals surface area contributed by atoms with Crippen molar-refractivity contribution in [3.63, 3.8) is 0 Å². The molecule has 0 aromatic heterocycles. The summed E-state index contributed by atoms with van der Waals surface area (Å²) in [6, 6.07) is 3.85. The van der Waals surface area contributed by atoms with Gasteiger partial charge in [-0.25, -0.2) is 0 Å². The Bertz CT molecular complexity index is 448. The van der Waals surface area contributed by atoms with E-state index in [4.69, 9.17) is 4.74 Å². The van der Waals surface area contributed by atoms with E-state index >= 15 is 0 Å². The van der Waals surface area contributed by atoms with Crippen molar-refractivity contribution in [2.45, 2.75) is 39.2 Å². The van der Waals surface area contributed by atoms with Crippen LogP contribution in [0.1, 0.15) is 40.7 Å². The minimum Gasteiger partial charge on any atom is -0.496 e. The van der Waals surface area contributed by atoms with Gasteiger partial charge in [-0.2, -0.15) is 0 Å². The summed E-state index contributed by atoms with van der Waals surface area (Å²) in [6.45, 7) is 4.99. The van der Waals surface area contributed by atoms with Gasteiger partial charge in [-0.05, 0) is 56.5 Å². The third kappa shape index (κ3) is 2.56. The Labute approximate surface area is 109 Å². The molecule has 1 N–H and O–H groups in total. The van der Waals surface area contributed by atoms with Gasteiger partial charge in [-0.15, -0.1) is 0 Å². The van der Waals surface area contributed by atoms with Crippen molar-refractivity contribution in [2.24, 2.45) is 0 Å². The van der Waals surface area contributed by atoms with Gasteiger partial charge >= 0.3 is 0 Å². The lowest BCUT2D eigenvalue weighted by atomic mass is 9.94. The van der Waals surface area contributed by atoms with E-state index in [1.54, 1.807) is 7.11 Å². The number of aryl methyl sites for hydroxylation is 2. The predicted molar refractivity (Wildman–Crippen MR) is 72.4 cm³/mol. The Balaban J connectivity index is 2.31. The number of carbonyl (C=O) groups excluding carboxylic acids is 1. The van der Waals surface area contributed by atoms with Crippen LogP contribution in [0.4, 0.5) is 0 Å². The first kappa shape index (κ1) is 13.1. The quantitative estimate of drug-likeness (QED) is 0.834. The van der Waals surface area contributed by atoms with E-state index < -0.39 is 0 Å². The lowest BCUT2D eigenvalue weighted by molar-refractivity contribution is 0.0924. The van der Waals surface area contributed by atoms with E-state index in [2.05, 4.69) is 5.32 Å². The van der Waals surface area contributed by atoms with Crippen LogP contribution in [0.25, 0.3) is 0 Å². The number of carbonyl (C=O) groups is 1. The van der Waals surface area contributed by atoms with Crippen LogP contribution in [-0.4, -0.2) is 25.5 Å². The molecule has 0 amide bonds. The van der Waals surface area contributed by atoms with Crippen molar-refractivity contribution in [2.75, 3.05) is 13.7 Å². The summed E-state index contributed by atoms with van der Waals surface area (Å²) >= 11 is 0. The van der Waals surface area contributed by atoms with Crippen molar-refractivity contribution in [1.29, 1.82) is 0 Å². The molecule has 0 radical (unpaired) electrons. The Hall–Kier alpha value is -1.35. The number of ether oxygens (including phenoxy) is 1. The highest BCUT2D eigenvalue weighted by Gasteiger charge is 2.24. The van der Waals surface area contributed by atoms with Crippen molar-refractivity contribution < 1.29 is 9.53 Å². The van der Waals surface area contributed by atoms with E-state index in [0.717, 1.165) is 36.9 Å². The normalized spacial score (nSPS) is 19.6.